The lowest BCUT2D eigenvalue weighted by Gasteiger charge is -2.19. The number of likely N-dealkylation sites (tertiary alicyclic amines) is 1. The number of carbonyl (C=O) groups excluding carboxylic acids is 2. The first-order valence-electron chi connectivity index (χ1n) is 5.81. The average molecular weight is 311 g/mol. The van der Waals surface area contributed by atoms with E-state index in [1.54, 1.807) is 0 Å². The monoisotopic (exact) mass is 310 g/mol. The van der Waals surface area contributed by atoms with Crippen LogP contribution < -0.4 is 5.32 Å². The second-order valence-corrected chi connectivity index (χ2v) is 5.31. The van der Waals surface area contributed by atoms with Gasteiger partial charge in [-0.25, -0.2) is 0 Å². The third-order valence-electron chi connectivity index (χ3n) is 3.20. The molecular weight excluding hydrogens is 296 g/mol. The lowest BCUT2D eigenvalue weighted by atomic mass is 10.1. The van der Waals surface area contributed by atoms with E-state index in [9.17, 15) is 9.59 Å². The Hall–Kier alpha value is -1.20. The number of nitrogens with one attached hydrogen (secondary N) is 1. The summed E-state index contributed by atoms with van der Waals surface area (Å²) in [5.41, 5.74) is 1.08. The molecule has 4 nitrogen and oxygen atoms in total. The number of hydrogen-bond donors (Lipinski definition) is 1. The van der Waals surface area contributed by atoms with Crippen molar-refractivity contribution >= 4 is 27.7 Å². The highest BCUT2D eigenvalue weighted by molar-refractivity contribution is 9.10. The normalized spacial score (nSPS) is 21.5. The van der Waals surface area contributed by atoms with Crippen molar-refractivity contribution in [3.05, 3.63) is 34.3 Å². The van der Waals surface area contributed by atoms with Gasteiger partial charge in [-0.1, -0.05) is 34.1 Å². The summed E-state index contributed by atoms with van der Waals surface area (Å²) in [5.74, 6) is -0.282. The van der Waals surface area contributed by atoms with Crippen LogP contribution in [0.3, 0.4) is 0 Å². The topological polar surface area (TPSA) is 49.4 Å². The first-order chi connectivity index (χ1) is 8.50. The van der Waals surface area contributed by atoms with Gasteiger partial charge in [0.2, 0.25) is 11.8 Å². The van der Waals surface area contributed by atoms with E-state index in [0.717, 1.165) is 10.0 Å². The van der Waals surface area contributed by atoms with E-state index in [1.807, 2.05) is 31.2 Å². The minimum Gasteiger partial charge on any atom is -0.299 e. The first kappa shape index (κ1) is 13.2. The summed E-state index contributed by atoms with van der Waals surface area (Å²) < 4.78 is 0.995. The van der Waals surface area contributed by atoms with Gasteiger partial charge in [-0.2, -0.15) is 0 Å². The number of nitrogens with zero attached hydrogens (tertiary/aromatic N) is 1. The number of imide groups is 1. The number of carbonyl (C=O) groups is 2. The van der Waals surface area contributed by atoms with E-state index >= 15 is 0 Å². The molecular formula is C13H15BrN2O2. The number of likely N-dealkylation sites (N-methyl/N-ethyl adjacent to an activating group) is 1. The molecule has 0 aromatic heterocycles. The molecule has 96 valence electrons. The number of amides is 2. The van der Waals surface area contributed by atoms with Crippen molar-refractivity contribution in [1.82, 2.24) is 10.2 Å². The van der Waals surface area contributed by atoms with Gasteiger partial charge in [-0.15, -0.1) is 0 Å². The molecule has 2 atom stereocenters. The van der Waals surface area contributed by atoms with E-state index < -0.39 is 6.04 Å². The molecule has 1 N–H and O–H groups in total. The van der Waals surface area contributed by atoms with Crippen LogP contribution in [0.4, 0.5) is 0 Å². The molecule has 0 bridgehead atoms. The van der Waals surface area contributed by atoms with E-state index in [2.05, 4.69) is 21.2 Å². The summed E-state index contributed by atoms with van der Waals surface area (Å²) in [6.45, 7) is 1.98. The zero-order valence-electron chi connectivity index (χ0n) is 10.3. The maximum Gasteiger partial charge on any atom is 0.246 e. The molecule has 18 heavy (non-hydrogen) atoms. The Morgan fingerprint density at radius 1 is 1.39 bits per heavy atom. The molecule has 0 aliphatic carbocycles. The van der Waals surface area contributed by atoms with Gasteiger partial charge in [0.25, 0.3) is 0 Å². The summed E-state index contributed by atoms with van der Waals surface area (Å²) in [4.78, 5) is 24.4. The predicted molar refractivity (Wildman–Crippen MR) is 71.9 cm³/mol. The molecule has 0 radical (unpaired) electrons. The van der Waals surface area contributed by atoms with Gasteiger partial charge in [0.1, 0.15) is 0 Å². The molecule has 2 amide bonds. The van der Waals surface area contributed by atoms with Crippen molar-refractivity contribution in [1.29, 1.82) is 0 Å². The molecule has 1 heterocycles. The minimum absolute atomic E-state index is 0.00817. The Morgan fingerprint density at radius 3 is 2.61 bits per heavy atom. The zero-order chi connectivity index (χ0) is 13.3. The van der Waals surface area contributed by atoms with Crippen molar-refractivity contribution in [3.8, 4) is 0 Å². The fourth-order valence-electron chi connectivity index (χ4n) is 2.10. The Kier molecular flexibility index (Phi) is 3.82. The van der Waals surface area contributed by atoms with E-state index in [0.29, 0.717) is 0 Å². The number of hydrogen-bond acceptors (Lipinski definition) is 3. The number of halogens is 1. The Labute approximate surface area is 114 Å². The number of benzene rings is 1. The van der Waals surface area contributed by atoms with Crippen LogP contribution in [-0.4, -0.2) is 29.8 Å². The average Bonchev–Trinajstić information content (AvgIpc) is 2.57. The van der Waals surface area contributed by atoms with Crippen LogP contribution in [0.15, 0.2) is 28.7 Å². The summed E-state index contributed by atoms with van der Waals surface area (Å²) in [7, 11) is 1.52. The molecule has 1 aliphatic heterocycles. The Bertz CT molecular complexity index is 490. The predicted octanol–water partition coefficient (Wildman–Crippen LogP) is 1.86. The lowest BCUT2D eigenvalue weighted by Crippen LogP contribution is -2.38. The van der Waals surface area contributed by atoms with Gasteiger partial charge >= 0.3 is 0 Å². The zero-order valence-corrected chi connectivity index (χ0v) is 11.9. The maximum atomic E-state index is 11.8. The van der Waals surface area contributed by atoms with Crippen LogP contribution in [0.5, 0.6) is 0 Å². The van der Waals surface area contributed by atoms with Crippen LogP contribution in [0.25, 0.3) is 0 Å². The van der Waals surface area contributed by atoms with Crippen molar-refractivity contribution in [2.75, 3.05) is 7.05 Å². The Balaban J connectivity index is 2.09. The fraction of sp³-hybridized carbons (Fsp3) is 0.385. The number of rotatable bonds is 3. The maximum absolute atomic E-state index is 11.8. The van der Waals surface area contributed by atoms with Crippen molar-refractivity contribution < 1.29 is 9.59 Å². The van der Waals surface area contributed by atoms with E-state index in [4.69, 9.17) is 0 Å². The van der Waals surface area contributed by atoms with Gasteiger partial charge in [0.05, 0.1) is 12.5 Å². The van der Waals surface area contributed by atoms with E-state index in [1.165, 1.54) is 11.9 Å². The highest BCUT2D eigenvalue weighted by Gasteiger charge is 2.36. The van der Waals surface area contributed by atoms with Crippen LogP contribution in [0.2, 0.25) is 0 Å². The van der Waals surface area contributed by atoms with Gasteiger partial charge in [0, 0.05) is 17.6 Å². The summed E-state index contributed by atoms with van der Waals surface area (Å²) in [6, 6.07) is 7.44. The Morgan fingerprint density at radius 2 is 2.06 bits per heavy atom. The van der Waals surface area contributed by atoms with Crippen LogP contribution >= 0.6 is 15.9 Å². The standard InChI is InChI=1S/C13H15BrN2O2/c1-8(9-5-3-4-6-10(9)14)15-11-7-12(17)16(2)13(11)18/h3-6,8,11,15H,7H2,1-2H3/t8-,11?/m0/s1. The van der Waals surface area contributed by atoms with Crippen LogP contribution in [0.1, 0.15) is 24.9 Å². The highest BCUT2D eigenvalue weighted by atomic mass is 79.9. The van der Waals surface area contributed by atoms with Crippen molar-refractivity contribution in [2.45, 2.75) is 25.4 Å². The molecule has 0 spiro atoms. The summed E-state index contributed by atoms with van der Waals surface area (Å²) in [6.07, 6.45) is 0.240. The summed E-state index contributed by atoms with van der Waals surface area (Å²) >= 11 is 3.48. The van der Waals surface area contributed by atoms with Gasteiger partial charge < -0.3 is 0 Å². The molecule has 2 rings (SSSR count). The molecule has 0 saturated carbocycles. The van der Waals surface area contributed by atoms with Crippen molar-refractivity contribution in [2.24, 2.45) is 0 Å². The second-order valence-electron chi connectivity index (χ2n) is 4.46. The van der Waals surface area contributed by atoms with Gasteiger partial charge in [-0.3, -0.25) is 19.8 Å². The lowest BCUT2D eigenvalue weighted by molar-refractivity contribution is -0.137. The first-order valence-corrected chi connectivity index (χ1v) is 6.61. The second kappa shape index (κ2) is 5.20. The molecule has 1 aromatic carbocycles. The van der Waals surface area contributed by atoms with Crippen molar-refractivity contribution in [3.63, 3.8) is 0 Å². The molecule has 1 unspecified atom stereocenters. The summed E-state index contributed by atoms with van der Waals surface area (Å²) in [5, 5.41) is 3.20. The van der Waals surface area contributed by atoms with Crippen LogP contribution in [0, 0.1) is 0 Å². The third-order valence-corrected chi connectivity index (χ3v) is 3.93. The molecule has 5 heteroatoms. The minimum atomic E-state index is -0.412. The SMILES string of the molecule is C[C@H](NC1CC(=O)N(C)C1=O)c1ccccc1Br. The highest BCUT2D eigenvalue weighted by Crippen LogP contribution is 2.24. The largest absolute Gasteiger partial charge is 0.299 e. The molecule has 1 aromatic rings. The van der Waals surface area contributed by atoms with E-state index in [-0.39, 0.29) is 24.3 Å². The smallest absolute Gasteiger partial charge is 0.246 e. The van der Waals surface area contributed by atoms with Gasteiger partial charge in [0.15, 0.2) is 0 Å². The fourth-order valence-corrected chi connectivity index (χ4v) is 2.73. The molecule has 1 saturated heterocycles. The molecule has 1 aliphatic rings. The quantitative estimate of drug-likeness (QED) is 0.867. The third kappa shape index (κ3) is 2.47. The van der Waals surface area contributed by atoms with Crippen LogP contribution in [-0.2, 0) is 9.59 Å². The molecule has 1 fully saturated rings. The van der Waals surface area contributed by atoms with Gasteiger partial charge in [-0.05, 0) is 18.6 Å².